The zero-order valence-corrected chi connectivity index (χ0v) is 15.9. The van der Waals surface area contributed by atoms with E-state index in [1.807, 2.05) is 26.0 Å². The van der Waals surface area contributed by atoms with Gasteiger partial charge < -0.3 is 15.0 Å². The van der Waals surface area contributed by atoms with E-state index in [4.69, 9.17) is 4.74 Å². The van der Waals surface area contributed by atoms with Gasteiger partial charge in [0.05, 0.1) is 25.6 Å². The summed E-state index contributed by atoms with van der Waals surface area (Å²) in [4.78, 5) is 25.5. The van der Waals surface area contributed by atoms with Crippen molar-refractivity contribution >= 4 is 17.6 Å². The Balaban J connectivity index is 1.89. The highest BCUT2D eigenvalue weighted by Gasteiger charge is 2.29. The van der Waals surface area contributed by atoms with Crippen molar-refractivity contribution in [3.05, 3.63) is 29.3 Å². The molecule has 0 bridgehead atoms. The average Bonchev–Trinajstić information content (AvgIpc) is 2.57. The van der Waals surface area contributed by atoms with Crippen LogP contribution in [0.15, 0.2) is 18.2 Å². The smallest absolute Gasteiger partial charge is 0.309 e. The Kier molecular flexibility index (Phi) is 7.00. The standard InChI is InChI=1S/C20H30N2O3/c1-5-25-20(24)16-9-11-22(12-10-16)13-18(23)21-19-15(4)7-6-8-17(19)14(2)3/h6-8,14,16H,5,9-13H2,1-4H3,(H,21,23)/p+1. The van der Waals surface area contributed by atoms with Crippen molar-refractivity contribution in [3.8, 4) is 0 Å². The van der Waals surface area contributed by atoms with Crippen LogP contribution in [-0.4, -0.2) is 38.1 Å². The number of para-hydroxylation sites is 1. The van der Waals surface area contributed by atoms with Crippen molar-refractivity contribution in [2.45, 2.75) is 46.5 Å². The van der Waals surface area contributed by atoms with Gasteiger partial charge in [-0.15, -0.1) is 0 Å². The summed E-state index contributed by atoms with van der Waals surface area (Å²) >= 11 is 0. The fourth-order valence-corrected chi connectivity index (χ4v) is 3.45. The first-order valence-corrected chi connectivity index (χ1v) is 9.31. The molecule has 0 spiro atoms. The molecule has 1 fully saturated rings. The van der Waals surface area contributed by atoms with Gasteiger partial charge in [-0.3, -0.25) is 9.59 Å². The van der Waals surface area contributed by atoms with E-state index in [1.54, 1.807) is 0 Å². The Morgan fingerprint density at radius 1 is 1.28 bits per heavy atom. The second-order valence-corrected chi connectivity index (χ2v) is 7.20. The van der Waals surface area contributed by atoms with Crippen LogP contribution in [0.25, 0.3) is 0 Å². The summed E-state index contributed by atoms with van der Waals surface area (Å²) in [5.74, 6) is 0.312. The van der Waals surface area contributed by atoms with Gasteiger partial charge in [-0.1, -0.05) is 32.0 Å². The number of quaternary nitrogens is 1. The zero-order valence-electron chi connectivity index (χ0n) is 15.9. The van der Waals surface area contributed by atoms with Gasteiger partial charge in [-0.05, 0) is 30.9 Å². The molecule has 0 aliphatic carbocycles. The number of nitrogens with one attached hydrogen (secondary N) is 2. The van der Waals surface area contributed by atoms with Crippen LogP contribution >= 0.6 is 0 Å². The van der Waals surface area contributed by atoms with Gasteiger partial charge in [0, 0.05) is 18.5 Å². The molecule has 2 N–H and O–H groups in total. The third kappa shape index (κ3) is 5.30. The zero-order chi connectivity index (χ0) is 18.4. The van der Waals surface area contributed by atoms with Crippen LogP contribution in [0, 0.1) is 12.8 Å². The predicted molar refractivity (Wildman–Crippen MR) is 98.8 cm³/mol. The van der Waals surface area contributed by atoms with Gasteiger partial charge >= 0.3 is 5.97 Å². The molecule has 0 radical (unpaired) electrons. The first kappa shape index (κ1) is 19.4. The lowest BCUT2D eigenvalue weighted by atomic mass is 9.97. The number of hydrogen-bond acceptors (Lipinski definition) is 3. The molecule has 5 heteroatoms. The summed E-state index contributed by atoms with van der Waals surface area (Å²) in [6.07, 6.45) is 1.59. The molecule has 1 saturated heterocycles. The number of carbonyl (C=O) groups is 2. The Morgan fingerprint density at radius 2 is 1.96 bits per heavy atom. The van der Waals surface area contributed by atoms with Crippen LogP contribution in [0.3, 0.4) is 0 Å². The average molecular weight is 347 g/mol. The monoisotopic (exact) mass is 347 g/mol. The van der Waals surface area contributed by atoms with Crippen LogP contribution in [0.5, 0.6) is 0 Å². The summed E-state index contributed by atoms with van der Waals surface area (Å²) < 4.78 is 5.10. The second kappa shape index (κ2) is 8.99. The lowest BCUT2D eigenvalue weighted by Gasteiger charge is -2.28. The molecule has 1 aliphatic rings. The summed E-state index contributed by atoms with van der Waals surface area (Å²) in [5.41, 5.74) is 3.21. The van der Waals surface area contributed by atoms with E-state index < -0.39 is 0 Å². The molecule has 138 valence electrons. The molecule has 25 heavy (non-hydrogen) atoms. The largest absolute Gasteiger partial charge is 0.466 e. The number of likely N-dealkylation sites (tertiary alicyclic amines) is 1. The molecular weight excluding hydrogens is 316 g/mol. The Morgan fingerprint density at radius 3 is 2.56 bits per heavy atom. The molecule has 0 unspecified atom stereocenters. The van der Waals surface area contributed by atoms with Crippen LogP contribution in [-0.2, 0) is 14.3 Å². The Labute approximate surface area is 150 Å². The molecule has 1 heterocycles. The molecule has 5 nitrogen and oxygen atoms in total. The van der Waals surface area contributed by atoms with E-state index in [-0.39, 0.29) is 17.8 Å². The van der Waals surface area contributed by atoms with Crippen LogP contribution in [0.1, 0.15) is 50.7 Å². The second-order valence-electron chi connectivity index (χ2n) is 7.20. The maximum Gasteiger partial charge on any atom is 0.309 e. The number of hydrogen-bond donors (Lipinski definition) is 2. The molecule has 1 aromatic carbocycles. The van der Waals surface area contributed by atoms with E-state index in [0.717, 1.165) is 37.2 Å². The van der Waals surface area contributed by atoms with Crippen LogP contribution < -0.4 is 10.2 Å². The highest BCUT2D eigenvalue weighted by atomic mass is 16.5. The van der Waals surface area contributed by atoms with Gasteiger partial charge in [0.2, 0.25) is 0 Å². The lowest BCUT2D eigenvalue weighted by Crippen LogP contribution is -3.14. The first-order valence-electron chi connectivity index (χ1n) is 9.31. The highest BCUT2D eigenvalue weighted by molar-refractivity contribution is 5.93. The molecule has 1 aromatic rings. The summed E-state index contributed by atoms with van der Waals surface area (Å²) in [5, 5.41) is 3.11. The van der Waals surface area contributed by atoms with E-state index in [0.29, 0.717) is 19.1 Å². The minimum Gasteiger partial charge on any atom is -0.466 e. The third-order valence-corrected chi connectivity index (χ3v) is 4.91. The SMILES string of the molecule is CCOC(=O)C1CC[NH+](CC(=O)Nc2c(C)cccc2C(C)C)CC1. The minimum absolute atomic E-state index is 0.00401. The number of rotatable bonds is 6. The predicted octanol–water partition coefficient (Wildman–Crippen LogP) is 1.91. The number of amides is 1. The maximum atomic E-state index is 12.5. The van der Waals surface area contributed by atoms with Crippen molar-refractivity contribution in [3.63, 3.8) is 0 Å². The van der Waals surface area contributed by atoms with Crippen molar-refractivity contribution in [1.29, 1.82) is 0 Å². The van der Waals surface area contributed by atoms with E-state index >= 15 is 0 Å². The van der Waals surface area contributed by atoms with Crippen molar-refractivity contribution < 1.29 is 19.2 Å². The molecule has 0 saturated carbocycles. The van der Waals surface area contributed by atoms with Crippen molar-refractivity contribution in [2.75, 3.05) is 31.6 Å². The molecule has 1 amide bonds. The van der Waals surface area contributed by atoms with Crippen LogP contribution in [0.2, 0.25) is 0 Å². The van der Waals surface area contributed by atoms with E-state index in [9.17, 15) is 9.59 Å². The molecule has 0 atom stereocenters. The third-order valence-electron chi connectivity index (χ3n) is 4.91. The minimum atomic E-state index is -0.0903. The van der Waals surface area contributed by atoms with E-state index in [1.165, 1.54) is 10.5 Å². The summed E-state index contributed by atoms with van der Waals surface area (Å²) in [7, 11) is 0. The number of benzene rings is 1. The van der Waals surface area contributed by atoms with Gasteiger partial charge in [0.15, 0.2) is 6.54 Å². The topological polar surface area (TPSA) is 59.8 Å². The fourth-order valence-electron chi connectivity index (χ4n) is 3.45. The molecule has 0 aromatic heterocycles. The maximum absolute atomic E-state index is 12.5. The van der Waals surface area contributed by atoms with Gasteiger partial charge in [-0.25, -0.2) is 0 Å². The highest BCUT2D eigenvalue weighted by Crippen LogP contribution is 2.27. The summed E-state index contributed by atoms with van der Waals surface area (Å²) in [6.45, 7) is 10.7. The number of esters is 1. The number of ether oxygens (including phenoxy) is 1. The Bertz CT molecular complexity index is 605. The normalized spacial score (nSPS) is 20.4. The number of aryl methyl sites for hydroxylation is 1. The van der Waals surface area contributed by atoms with Crippen molar-refractivity contribution in [2.24, 2.45) is 5.92 Å². The quantitative estimate of drug-likeness (QED) is 0.773. The van der Waals surface area contributed by atoms with E-state index in [2.05, 4.69) is 25.2 Å². The number of anilines is 1. The summed E-state index contributed by atoms with van der Waals surface area (Å²) in [6, 6.07) is 6.13. The van der Waals surface area contributed by atoms with Gasteiger partial charge in [0.25, 0.3) is 5.91 Å². The fraction of sp³-hybridized carbons (Fsp3) is 0.600. The Hall–Kier alpha value is -1.88. The lowest BCUT2D eigenvalue weighted by molar-refractivity contribution is -0.897. The van der Waals surface area contributed by atoms with Crippen molar-refractivity contribution in [1.82, 2.24) is 0 Å². The van der Waals surface area contributed by atoms with Gasteiger partial charge in [-0.2, -0.15) is 0 Å². The molecule has 2 rings (SSSR count). The molecule has 1 aliphatic heterocycles. The van der Waals surface area contributed by atoms with Gasteiger partial charge in [0.1, 0.15) is 0 Å². The number of piperidine rings is 1. The first-order chi connectivity index (χ1) is 11.9. The number of carbonyl (C=O) groups excluding carboxylic acids is 2. The molecular formula is C20H31N2O3+. The van der Waals surface area contributed by atoms with Crippen LogP contribution in [0.4, 0.5) is 5.69 Å².